The highest BCUT2D eigenvalue weighted by molar-refractivity contribution is 5.74. The van der Waals surface area contributed by atoms with Gasteiger partial charge < -0.3 is 20.1 Å². The normalized spacial score (nSPS) is 25.5. The summed E-state index contributed by atoms with van der Waals surface area (Å²) in [6.45, 7) is 0.498. The number of nitrogens with one attached hydrogen (secondary N) is 2. The van der Waals surface area contributed by atoms with Crippen molar-refractivity contribution in [2.45, 2.75) is 50.6 Å². The van der Waals surface area contributed by atoms with Crippen LogP contribution in [0.25, 0.3) is 0 Å². The first-order chi connectivity index (χ1) is 12.4. The van der Waals surface area contributed by atoms with E-state index < -0.39 is 17.8 Å². The van der Waals surface area contributed by atoms with Gasteiger partial charge in [-0.15, -0.1) is 0 Å². The largest absolute Gasteiger partial charge is 0.497 e. The average Bonchev–Trinajstić information content (AvgIpc) is 3.09. The van der Waals surface area contributed by atoms with Crippen LogP contribution >= 0.6 is 0 Å². The van der Waals surface area contributed by atoms with E-state index in [1.54, 1.807) is 0 Å². The Morgan fingerprint density at radius 3 is 2.85 bits per heavy atom. The Morgan fingerprint density at radius 2 is 2.12 bits per heavy atom. The molecule has 3 atom stereocenters. The van der Waals surface area contributed by atoms with Gasteiger partial charge in [-0.2, -0.15) is 13.2 Å². The molecular formula is C18H23F3N2O3. The van der Waals surface area contributed by atoms with Gasteiger partial charge in [0.15, 0.2) is 0 Å². The van der Waals surface area contributed by atoms with E-state index in [2.05, 4.69) is 10.6 Å². The van der Waals surface area contributed by atoms with Crippen LogP contribution in [0.1, 0.15) is 36.8 Å². The van der Waals surface area contributed by atoms with Crippen LogP contribution < -0.4 is 15.4 Å². The van der Waals surface area contributed by atoms with Crippen LogP contribution in [0.3, 0.4) is 0 Å². The van der Waals surface area contributed by atoms with Crippen molar-refractivity contribution < 1.29 is 27.4 Å². The number of rotatable bonds is 4. The van der Waals surface area contributed by atoms with Gasteiger partial charge in [0.05, 0.1) is 18.8 Å². The lowest BCUT2D eigenvalue weighted by Crippen LogP contribution is -2.49. The quantitative estimate of drug-likeness (QED) is 0.851. The van der Waals surface area contributed by atoms with Crippen LogP contribution in [0.2, 0.25) is 0 Å². The molecular weight excluding hydrogens is 349 g/mol. The number of hydrogen-bond acceptors (Lipinski definition) is 3. The minimum absolute atomic E-state index is 0.000768. The maximum atomic E-state index is 13.2. The van der Waals surface area contributed by atoms with Crippen molar-refractivity contribution in [3.63, 3.8) is 0 Å². The number of methoxy groups -OCH3 is 1. The molecule has 1 saturated heterocycles. The smallest absolute Gasteiger partial charge is 0.416 e. The summed E-state index contributed by atoms with van der Waals surface area (Å²) in [5.41, 5.74) is -0.807. The molecule has 1 aliphatic carbocycles. The van der Waals surface area contributed by atoms with Gasteiger partial charge in [0.25, 0.3) is 0 Å². The van der Waals surface area contributed by atoms with Gasteiger partial charge >= 0.3 is 12.2 Å². The first-order valence-electron chi connectivity index (χ1n) is 8.78. The molecule has 0 radical (unpaired) electrons. The van der Waals surface area contributed by atoms with Crippen molar-refractivity contribution in [1.29, 1.82) is 0 Å². The minimum atomic E-state index is -4.51. The van der Waals surface area contributed by atoms with Crippen LogP contribution in [-0.4, -0.2) is 31.9 Å². The van der Waals surface area contributed by atoms with Crippen molar-refractivity contribution in [3.05, 3.63) is 29.3 Å². The monoisotopic (exact) mass is 372 g/mol. The molecule has 1 aromatic carbocycles. The molecule has 1 aromatic rings. The SMILES string of the molecule is COc1ccc(CNC(=O)NC2CCCC3OCCC23)c(C(F)(F)F)c1. The highest BCUT2D eigenvalue weighted by Crippen LogP contribution is 2.35. The summed E-state index contributed by atoms with van der Waals surface area (Å²) in [7, 11) is 1.31. The Hall–Kier alpha value is -1.96. The Balaban J connectivity index is 1.61. The fraction of sp³-hybridized carbons (Fsp3) is 0.611. The number of carbonyl (C=O) groups is 1. The molecule has 0 spiro atoms. The molecule has 1 heterocycles. The number of urea groups is 1. The molecule has 2 amide bonds. The molecule has 144 valence electrons. The highest BCUT2D eigenvalue weighted by Gasteiger charge is 2.38. The topological polar surface area (TPSA) is 59.6 Å². The van der Waals surface area contributed by atoms with E-state index in [0.29, 0.717) is 12.5 Å². The lowest BCUT2D eigenvalue weighted by atomic mass is 9.82. The van der Waals surface area contributed by atoms with Gasteiger partial charge in [0.2, 0.25) is 0 Å². The van der Waals surface area contributed by atoms with E-state index in [0.717, 1.165) is 31.7 Å². The summed E-state index contributed by atoms with van der Waals surface area (Å²) >= 11 is 0. The molecule has 5 nitrogen and oxygen atoms in total. The predicted octanol–water partition coefficient (Wildman–Crippen LogP) is 3.47. The maximum absolute atomic E-state index is 13.2. The predicted molar refractivity (Wildman–Crippen MR) is 88.9 cm³/mol. The highest BCUT2D eigenvalue weighted by atomic mass is 19.4. The first-order valence-corrected chi connectivity index (χ1v) is 8.78. The minimum Gasteiger partial charge on any atom is -0.497 e. The molecule has 1 saturated carbocycles. The third-order valence-corrected chi connectivity index (χ3v) is 5.16. The number of hydrogen-bond donors (Lipinski definition) is 2. The van der Waals surface area contributed by atoms with Crippen LogP contribution in [0.5, 0.6) is 5.75 Å². The average molecular weight is 372 g/mol. The number of halogens is 3. The second-order valence-electron chi connectivity index (χ2n) is 6.75. The van der Waals surface area contributed by atoms with Gasteiger partial charge in [-0.05, 0) is 43.4 Å². The molecule has 8 heteroatoms. The molecule has 0 aromatic heterocycles. The Morgan fingerprint density at radius 1 is 1.31 bits per heavy atom. The van der Waals surface area contributed by atoms with Crippen molar-refractivity contribution >= 4 is 6.03 Å². The molecule has 3 unspecified atom stereocenters. The fourth-order valence-electron chi connectivity index (χ4n) is 3.85. The van der Waals surface area contributed by atoms with Gasteiger partial charge in [0.1, 0.15) is 5.75 Å². The lowest BCUT2D eigenvalue weighted by molar-refractivity contribution is -0.138. The van der Waals surface area contributed by atoms with E-state index in [1.165, 1.54) is 19.2 Å². The van der Waals surface area contributed by atoms with Gasteiger partial charge in [-0.3, -0.25) is 0 Å². The number of carbonyl (C=O) groups excluding carboxylic acids is 1. The molecule has 2 aliphatic rings. The van der Waals surface area contributed by atoms with Crippen molar-refractivity contribution in [2.75, 3.05) is 13.7 Å². The zero-order valence-corrected chi connectivity index (χ0v) is 14.6. The van der Waals surface area contributed by atoms with E-state index in [9.17, 15) is 18.0 Å². The maximum Gasteiger partial charge on any atom is 0.416 e. The second-order valence-corrected chi connectivity index (χ2v) is 6.75. The number of amides is 2. The van der Waals surface area contributed by atoms with Crippen LogP contribution in [0.15, 0.2) is 18.2 Å². The lowest BCUT2D eigenvalue weighted by Gasteiger charge is -2.33. The van der Waals surface area contributed by atoms with Crippen molar-refractivity contribution in [2.24, 2.45) is 5.92 Å². The summed E-state index contributed by atoms with van der Waals surface area (Å²) in [5.74, 6) is 0.418. The Bertz CT molecular complexity index is 651. The number of alkyl halides is 3. The molecule has 1 aliphatic heterocycles. The molecule has 3 rings (SSSR count). The van der Waals surface area contributed by atoms with Gasteiger partial charge in [0, 0.05) is 25.1 Å². The summed E-state index contributed by atoms with van der Waals surface area (Å²) in [5, 5.41) is 5.45. The zero-order chi connectivity index (χ0) is 18.7. The van der Waals surface area contributed by atoms with E-state index in [-0.39, 0.29) is 30.0 Å². The first kappa shape index (κ1) is 18.8. The second kappa shape index (κ2) is 7.73. The Kier molecular flexibility index (Phi) is 5.60. The van der Waals surface area contributed by atoms with Crippen molar-refractivity contribution in [3.8, 4) is 5.75 Å². The zero-order valence-electron chi connectivity index (χ0n) is 14.6. The molecule has 2 N–H and O–H groups in total. The van der Waals surface area contributed by atoms with Crippen LogP contribution in [0, 0.1) is 5.92 Å². The van der Waals surface area contributed by atoms with Crippen LogP contribution in [-0.2, 0) is 17.5 Å². The van der Waals surface area contributed by atoms with E-state index >= 15 is 0 Å². The van der Waals surface area contributed by atoms with Gasteiger partial charge in [-0.25, -0.2) is 4.79 Å². The summed E-state index contributed by atoms with van der Waals surface area (Å²) in [6.07, 6.45) is -0.568. The molecule has 0 bridgehead atoms. The fourth-order valence-corrected chi connectivity index (χ4v) is 3.85. The summed E-state index contributed by atoms with van der Waals surface area (Å²) < 4.78 is 50.2. The van der Waals surface area contributed by atoms with Crippen molar-refractivity contribution in [1.82, 2.24) is 10.6 Å². The Labute approximate surface area is 150 Å². The molecule has 2 fully saturated rings. The van der Waals surface area contributed by atoms with Gasteiger partial charge in [-0.1, -0.05) is 6.07 Å². The number of ether oxygens (including phenoxy) is 2. The summed E-state index contributed by atoms with van der Waals surface area (Å²) in [4.78, 5) is 12.2. The standard InChI is InChI=1S/C18H23F3N2O3/c1-25-12-6-5-11(14(9-12)18(19,20)21)10-22-17(24)23-15-3-2-4-16-13(15)7-8-26-16/h5-6,9,13,15-16H,2-4,7-8,10H2,1H3,(H2,22,23,24). The third-order valence-electron chi connectivity index (χ3n) is 5.16. The van der Waals surface area contributed by atoms with E-state index in [4.69, 9.17) is 9.47 Å². The number of benzene rings is 1. The number of fused-ring (bicyclic) bond motifs is 1. The van der Waals surface area contributed by atoms with E-state index in [1.807, 2.05) is 0 Å². The summed E-state index contributed by atoms with van der Waals surface area (Å²) in [6, 6.07) is 3.27. The third kappa shape index (κ3) is 4.23. The van der Waals surface area contributed by atoms with Crippen LogP contribution in [0.4, 0.5) is 18.0 Å². The molecule has 26 heavy (non-hydrogen) atoms.